The van der Waals surface area contributed by atoms with E-state index in [4.69, 9.17) is 30.1 Å². The van der Waals surface area contributed by atoms with Gasteiger partial charge in [-0.25, -0.2) is 38.2 Å². The number of hydrogen-bond donors (Lipinski definition) is 3. The summed E-state index contributed by atoms with van der Waals surface area (Å²) in [6.07, 6.45) is 9.83. The average molecular weight is 923 g/mol. The molecule has 8 heterocycles. The fraction of sp³-hybridized carbons (Fsp3) is 0.543. The van der Waals surface area contributed by atoms with Gasteiger partial charge in [0, 0.05) is 88.2 Å². The van der Waals surface area contributed by atoms with Crippen LogP contribution in [0.15, 0.2) is 35.4 Å². The number of carbonyl (C=O) groups is 3. The van der Waals surface area contributed by atoms with Crippen LogP contribution in [0.3, 0.4) is 0 Å². The zero-order valence-electron chi connectivity index (χ0n) is 38.0. The normalized spacial score (nSPS) is 21.3. The average Bonchev–Trinajstić information content (AvgIpc) is 3.65. The van der Waals surface area contributed by atoms with E-state index in [1.165, 1.54) is 18.5 Å². The van der Waals surface area contributed by atoms with E-state index in [0.29, 0.717) is 98.1 Å². The van der Waals surface area contributed by atoms with E-state index in [0.717, 1.165) is 56.5 Å². The molecular weight excluding hydrogens is 867 g/mol. The largest absolute Gasteiger partial charge is 0.448 e. The number of imide groups is 1. The fourth-order valence-corrected chi connectivity index (χ4v) is 9.94. The van der Waals surface area contributed by atoms with Crippen LogP contribution in [0, 0.1) is 11.6 Å². The van der Waals surface area contributed by atoms with E-state index in [-0.39, 0.29) is 48.1 Å². The minimum atomic E-state index is -0.731. The van der Waals surface area contributed by atoms with Crippen molar-refractivity contribution in [1.29, 1.82) is 0 Å². The highest BCUT2D eigenvalue weighted by molar-refractivity contribution is 6.02. The van der Waals surface area contributed by atoms with E-state index < -0.39 is 29.1 Å². The molecule has 1 unspecified atom stereocenters. The number of nitrogens with two attached hydrogens (primary N) is 1. The molecule has 4 aliphatic heterocycles. The van der Waals surface area contributed by atoms with Gasteiger partial charge in [-0.3, -0.25) is 24.7 Å². The minimum Gasteiger partial charge on any atom is -0.448 e. The summed E-state index contributed by atoms with van der Waals surface area (Å²) in [5, 5.41) is 15.2. The molecule has 5 aromatic rings. The third kappa shape index (κ3) is 9.09. The zero-order chi connectivity index (χ0) is 46.6. The van der Waals surface area contributed by atoms with Crippen molar-refractivity contribution in [2.75, 3.05) is 81.5 Å². The summed E-state index contributed by atoms with van der Waals surface area (Å²) < 4.78 is 44.1. The van der Waals surface area contributed by atoms with Crippen molar-refractivity contribution in [3.05, 3.63) is 53.8 Å². The third-order valence-corrected chi connectivity index (χ3v) is 13.8. The first-order chi connectivity index (χ1) is 32.3. The lowest BCUT2D eigenvalue weighted by molar-refractivity contribution is -0.133. The predicted molar refractivity (Wildman–Crippen MR) is 243 cm³/mol. The Kier molecular flexibility index (Phi) is 12.0. The number of likely N-dealkylation sites (tertiary alicyclic amines) is 2. The van der Waals surface area contributed by atoms with Crippen LogP contribution in [0.25, 0.3) is 33.8 Å². The Bertz CT molecular complexity index is 2640. The van der Waals surface area contributed by atoms with E-state index >= 15 is 8.78 Å². The molecule has 1 aliphatic carbocycles. The molecule has 0 bridgehead atoms. The highest BCUT2D eigenvalue weighted by Crippen LogP contribution is 2.48. The third-order valence-electron chi connectivity index (χ3n) is 13.8. The summed E-state index contributed by atoms with van der Waals surface area (Å²) in [5.74, 6) is -0.455. The highest BCUT2D eigenvalue weighted by Gasteiger charge is 2.38. The van der Waals surface area contributed by atoms with Gasteiger partial charge in [0.1, 0.15) is 41.9 Å². The van der Waals surface area contributed by atoms with Crippen LogP contribution in [0.2, 0.25) is 0 Å². The highest BCUT2D eigenvalue weighted by atomic mass is 19.1. The molecule has 4 aromatic heterocycles. The van der Waals surface area contributed by atoms with Crippen LogP contribution in [-0.4, -0.2) is 145 Å². The van der Waals surface area contributed by atoms with Gasteiger partial charge in [0.15, 0.2) is 28.9 Å². The molecule has 21 heteroatoms. The summed E-state index contributed by atoms with van der Waals surface area (Å²) in [7, 11) is 0. The number of hydrogen-bond acceptors (Lipinski definition) is 16. The number of piperidine rings is 2. The Labute approximate surface area is 385 Å². The van der Waals surface area contributed by atoms with Crippen molar-refractivity contribution in [3.8, 4) is 22.8 Å². The molecule has 10 rings (SSSR count). The summed E-state index contributed by atoms with van der Waals surface area (Å²) in [5.41, 5.74) is 9.36. The molecule has 0 radical (unpaired) electrons. The maximum Gasteiger partial charge on any atom is 0.409 e. The number of ether oxygens (including phenoxy) is 1. The number of rotatable bonds is 11. The van der Waals surface area contributed by atoms with Gasteiger partial charge in [-0.2, -0.15) is 5.10 Å². The van der Waals surface area contributed by atoms with Gasteiger partial charge >= 0.3 is 6.09 Å². The van der Waals surface area contributed by atoms with Gasteiger partial charge in [-0.15, -0.1) is 0 Å². The number of amides is 3. The lowest BCUT2D eigenvalue weighted by atomic mass is 10.0. The smallest absolute Gasteiger partial charge is 0.409 e. The summed E-state index contributed by atoms with van der Waals surface area (Å²) in [6, 6.07) is 2.05. The van der Waals surface area contributed by atoms with Crippen molar-refractivity contribution < 1.29 is 32.4 Å². The molecule has 3 amide bonds. The summed E-state index contributed by atoms with van der Waals surface area (Å²) >= 11 is 0. The molecular formula is C46H56F2N14O5. The van der Waals surface area contributed by atoms with E-state index in [9.17, 15) is 14.4 Å². The molecule has 67 heavy (non-hydrogen) atoms. The van der Waals surface area contributed by atoms with Crippen LogP contribution < -0.4 is 21.3 Å². The maximum atomic E-state index is 15.3. The lowest BCUT2D eigenvalue weighted by Crippen LogP contribution is -2.53. The molecule has 5 fully saturated rings. The Morgan fingerprint density at radius 2 is 1.64 bits per heavy atom. The van der Waals surface area contributed by atoms with Crippen molar-refractivity contribution in [2.24, 2.45) is 0 Å². The number of fused-ring (bicyclic) bond motifs is 1. The predicted octanol–water partition coefficient (Wildman–Crippen LogP) is 4.86. The Balaban J connectivity index is 0.684. The van der Waals surface area contributed by atoms with Gasteiger partial charge in [0.2, 0.25) is 11.8 Å². The zero-order valence-corrected chi connectivity index (χ0v) is 38.0. The number of nitrogens with zero attached hydrogens (tertiary/aromatic N) is 11. The first-order valence-corrected chi connectivity index (χ1v) is 23.3. The van der Waals surface area contributed by atoms with Crippen molar-refractivity contribution >= 4 is 46.1 Å². The monoisotopic (exact) mass is 922 g/mol. The minimum absolute atomic E-state index is 0.0588. The summed E-state index contributed by atoms with van der Waals surface area (Å²) in [4.78, 5) is 63.4. The molecule has 1 saturated carbocycles. The summed E-state index contributed by atoms with van der Waals surface area (Å²) in [6.45, 7) is 12.2. The molecule has 0 spiro atoms. The first kappa shape index (κ1) is 44.5. The quantitative estimate of drug-likeness (QED) is 0.151. The van der Waals surface area contributed by atoms with Crippen LogP contribution in [0.5, 0.6) is 0 Å². The SMILES string of the molecule is CC(C)(C)n1nc(-c2noc(C3CC3)c2-c2ncc([C@H]3CCN(C(=O)OCCN4CCC(N5CCN(c6c(F)cc(NC7CCC(=O)NC7=O)cc6F)CC5)CC4)C3)cn2)c2c(N)ncnc21. The fourth-order valence-electron chi connectivity index (χ4n) is 9.94. The Morgan fingerprint density at radius 3 is 2.33 bits per heavy atom. The number of nitrogen functional groups attached to an aromatic ring is 1. The van der Waals surface area contributed by atoms with Gasteiger partial charge < -0.3 is 30.1 Å². The van der Waals surface area contributed by atoms with Crippen LogP contribution in [0.1, 0.15) is 88.9 Å². The number of benzene rings is 1. The van der Waals surface area contributed by atoms with E-state index in [1.807, 2.05) is 37.8 Å². The lowest BCUT2D eigenvalue weighted by Gasteiger charge is -2.43. The molecule has 4 saturated heterocycles. The Hall–Kier alpha value is -6.35. The number of piperazine rings is 1. The number of aromatic nitrogens is 7. The number of halogens is 2. The standard InChI is InChI=1S/C46H56F2N14O5/c1-46(2,3)62-43-36(41(49)52-25-53-43)37(56-62)38-35(40(67-57-38)26-4-5-26)42-50-22-28(23-51-42)27-8-13-61(24-27)45(65)66-19-18-58-11-9-30(10-12-58)59-14-16-60(17-15-59)39-31(47)20-29(21-32(39)48)54-33-6-7-34(63)55-44(33)64/h20-23,25-27,30,33,54H,4-19,24H2,1-3H3,(H2,49,52,53)(H,55,63,64)/t27-,33?/m0/s1. The van der Waals surface area contributed by atoms with E-state index in [2.05, 4.69) is 35.6 Å². The van der Waals surface area contributed by atoms with Gasteiger partial charge in [-0.1, -0.05) is 5.16 Å². The molecule has 1 aromatic carbocycles. The topological polar surface area (TPSA) is 219 Å². The Morgan fingerprint density at radius 1 is 0.910 bits per heavy atom. The van der Waals surface area contributed by atoms with Gasteiger partial charge in [-0.05, 0) is 90.1 Å². The molecule has 5 aliphatic rings. The molecule has 4 N–H and O–H groups in total. The molecule has 19 nitrogen and oxygen atoms in total. The van der Waals surface area contributed by atoms with E-state index in [1.54, 1.807) is 9.80 Å². The van der Waals surface area contributed by atoms with Crippen molar-refractivity contribution in [2.45, 2.75) is 95.2 Å². The number of carbonyl (C=O) groups excluding carboxylic acids is 3. The number of anilines is 3. The second-order valence-corrected chi connectivity index (χ2v) is 19.4. The molecule has 354 valence electrons. The van der Waals surface area contributed by atoms with Crippen LogP contribution >= 0.6 is 0 Å². The second kappa shape index (κ2) is 18.0. The van der Waals surface area contributed by atoms with Gasteiger partial charge in [0.05, 0.1) is 16.5 Å². The maximum absolute atomic E-state index is 15.3. The van der Waals surface area contributed by atoms with Crippen molar-refractivity contribution in [3.63, 3.8) is 0 Å². The van der Waals surface area contributed by atoms with Crippen LogP contribution in [0.4, 0.5) is 30.8 Å². The van der Waals surface area contributed by atoms with Gasteiger partial charge in [0.25, 0.3) is 0 Å². The number of nitrogens with one attached hydrogen (secondary N) is 2. The first-order valence-electron chi connectivity index (χ1n) is 23.3. The van der Waals surface area contributed by atoms with Crippen LogP contribution in [-0.2, 0) is 19.9 Å². The van der Waals surface area contributed by atoms with Crippen molar-refractivity contribution in [1.82, 2.24) is 54.9 Å². The second-order valence-electron chi connectivity index (χ2n) is 19.4. The molecule has 2 atom stereocenters.